The fourth-order valence-corrected chi connectivity index (χ4v) is 2.01. The lowest BCUT2D eigenvalue weighted by Crippen LogP contribution is -2.13. The van der Waals surface area contributed by atoms with Crippen LogP contribution in [0.4, 0.5) is 4.39 Å². The molecule has 3 heteroatoms. The van der Waals surface area contributed by atoms with Crippen molar-refractivity contribution in [1.82, 2.24) is 5.32 Å². The van der Waals surface area contributed by atoms with Gasteiger partial charge in [0.05, 0.1) is 0 Å². The molecule has 0 saturated heterocycles. The highest BCUT2D eigenvalue weighted by Gasteiger charge is 2.12. The van der Waals surface area contributed by atoms with Gasteiger partial charge >= 0.3 is 0 Å². The van der Waals surface area contributed by atoms with Gasteiger partial charge in [0.1, 0.15) is 5.75 Å². The van der Waals surface area contributed by atoms with Crippen molar-refractivity contribution in [3.05, 3.63) is 58.9 Å². The molecule has 2 aromatic carbocycles. The molecule has 0 aliphatic rings. The fraction of sp³-hybridized carbons (Fsp3) is 0.294. The average molecular weight is 273 g/mol. The van der Waals surface area contributed by atoms with Crippen LogP contribution in [-0.2, 0) is 6.54 Å². The molecule has 0 saturated carbocycles. The van der Waals surface area contributed by atoms with Crippen molar-refractivity contribution in [3.63, 3.8) is 0 Å². The van der Waals surface area contributed by atoms with E-state index in [0.717, 1.165) is 23.2 Å². The Morgan fingerprint density at radius 1 is 1.10 bits per heavy atom. The van der Waals surface area contributed by atoms with Gasteiger partial charge in [0.15, 0.2) is 11.6 Å². The highest BCUT2D eigenvalue weighted by atomic mass is 19.1. The predicted octanol–water partition coefficient (Wildman–Crippen LogP) is 4.34. The van der Waals surface area contributed by atoms with E-state index >= 15 is 0 Å². The molecule has 0 spiro atoms. The summed E-state index contributed by atoms with van der Waals surface area (Å²) in [6.45, 7) is 7.44. The molecule has 2 nitrogen and oxygen atoms in total. The van der Waals surface area contributed by atoms with Gasteiger partial charge in [-0.25, -0.2) is 4.39 Å². The molecular formula is C17H20FNO. The van der Waals surface area contributed by atoms with Gasteiger partial charge in [-0.1, -0.05) is 31.2 Å². The van der Waals surface area contributed by atoms with Crippen LogP contribution in [0.5, 0.6) is 11.5 Å². The van der Waals surface area contributed by atoms with Gasteiger partial charge in [-0.2, -0.15) is 0 Å². The molecule has 0 atom stereocenters. The standard InChI is InChI=1S/C17H20FNO/c1-4-19-11-14-8-6-9-15(18)17(14)20-16-10-5-7-12(2)13(16)3/h5-10,19H,4,11H2,1-3H3. The SMILES string of the molecule is CCNCc1cccc(F)c1Oc1cccc(C)c1C. The van der Waals surface area contributed by atoms with Crippen LogP contribution in [0.2, 0.25) is 0 Å². The second-order valence-corrected chi connectivity index (χ2v) is 4.81. The number of rotatable bonds is 5. The second kappa shape index (κ2) is 6.53. The minimum absolute atomic E-state index is 0.308. The van der Waals surface area contributed by atoms with Crippen LogP contribution in [-0.4, -0.2) is 6.54 Å². The Bertz CT molecular complexity index is 596. The summed E-state index contributed by atoms with van der Waals surface area (Å²) < 4.78 is 19.9. The number of aryl methyl sites for hydroxylation is 1. The van der Waals surface area contributed by atoms with Crippen molar-refractivity contribution in [2.75, 3.05) is 6.54 Å². The van der Waals surface area contributed by atoms with Crippen molar-refractivity contribution in [2.45, 2.75) is 27.3 Å². The van der Waals surface area contributed by atoms with Crippen LogP contribution in [0.25, 0.3) is 0 Å². The van der Waals surface area contributed by atoms with Crippen molar-refractivity contribution in [1.29, 1.82) is 0 Å². The maximum Gasteiger partial charge on any atom is 0.167 e. The number of benzene rings is 2. The fourth-order valence-electron chi connectivity index (χ4n) is 2.01. The third-order valence-electron chi connectivity index (χ3n) is 3.38. The Labute approximate surface area is 119 Å². The Morgan fingerprint density at radius 3 is 2.60 bits per heavy atom. The molecule has 0 heterocycles. The molecule has 2 aromatic rings. The lowest BCUT2D eigenvalue weighted by atomic mass is 10.1. The van der Waals surface area contributed by atoms with E-state index in [1.165, 1.54) is 6.07 Å². The van der Waals surface area contributed by atoms with Gasteiger partial charge in [0.2, 0.25) is 0 Å². The van der Waals surface area contributed by atoms with Gasteiger partial charge in [0, 0.05) is 12.1 Å². The molecule has 0 radical (unpaired) electrons. The normalized spacial score (nSPS) is 10.6. The van der Waals surface area contributed by atoms with Crippen LogP contribution in [0.3, 0.4) is 0 Å². The first-order chi connectivity index (χ1) is 9.63. The molecule has 0 aliphatic carbocycles. The predicted molar refractivity (Wildman–Crippen MR) is 79.8 cm³/mol. The van der Waals surface area contributed by atoms with Gasteiger partial charge in [-0.15, -0.1) is 0 Å². The van der Waals surface area contributed by atoms with Gasteiger partial charge in [-0.3, -0.25) is 0 Å². The molecule has 0 unspecified atom stereocenters. The largest absolute Gasteiger partial charge is 0.454 e. The van der Waals surface area contributed by atoms with Crippen LogP contribution in [0.15, 0.2) is 36.4 Å². The van der Waals surface area contributed by atoms with Crippen LogP contribution >= 0.6 is 0 Å². The summed E-state index contributed by atoms with van der Waals surface area (Å²) in [4.78, 5) is 0. The zero-order valence-electron chi connectivity index (χ0n) is 12.2. The van der Waals surface area contributed by atoms with Gasteiger partial charge in [-0.05, 0) is 43.7 Å². The van der Waals surface area contributed by atoms with Crippen molar-refractivity contribution in [3.8, 4) is 11.5 Å². The second-order valence-electron chi connectivity index (χ2n) is 4.81. The molecule has 0 fully saturated rings. The number of halogens is 1. The topological polar surface area (TPSA) is 21.3 Å². The highest BCUT2D eigenvalue weighted by molar-refractivity contribution is 5.44. The summed E-state index contributed by atoms with van der Waals surface area (Å²) in [5.74, 6) is 0.677. The monoisotopic (exact) mass is 273 g/mol. The molecular weight excluding hydrogens is 253 g/mol. The van der Waals surface area contributed by atoms with E-state index in [-0.39, 0.29) is 5.82 Å². The Kier molecular flexibility index (Phi) is 4.74. The Hall–Kier alpha value is -1.87. The van der Waals surface area contributed by atoms with Crippen LogP contribution in [0, 0.1) is 19.7 Å². The molecule has 1 N–H and O–H groups in total. The number of hydrogen-bond acceptors (Lipinski definition) is 2. The maximum absolute atomic E-state index is 14.0. The third kappa shape index (κ3) is 3.17. The van der Waals surface area contributed by atoms with Gasteiger partial charge < -0.3 is 10.1 Å². The first-order valence-electron chi connectivity index (χ1n) is 6.85. The summed E-state index contributed by atoms with van der Waals surface area (Å²) in [5, 5.41) is 3.20. The third-order valence-corrected chi connectivity index (χ3v) is 3.38. The molecule has 0 amide bonds. The van der Waals surface area contributed by atoms with Crippen LogP contribution < -0.4 is 10.1 Å². The first kappa shape index (κ1) is 14.5. The Balaban J connectivity index is 2.34. The number of hydrogen-bond donors (Lipinski definition) is 1. The number of nitrogens with one attached hydrogen (secondary N) is 1. The lowest BCUT2D eigenvalue weighted by molar-refractivity contribution is 0.431. The molecule has 106 valence electrons. The zero-order valence-corrected chi connectivity index (χ0v) is 12.2. The molecule has 20 heavy (non-hydrogen) atoms. The quantitative estimate of drug-likeness (QED) is 0.874. The van der Waals surface area contributed by atoms with E-state index in [1.54, 1.807) is 6.07 Å². The lowest BCUT2D eigenvalue weighted by Gasteiger charge is -2.15. The Morgan fingerprint density at radius 2 is 1.85 bits per heavy atom. The van der Waals surface area contributed by atoms with Crippen molar-refractivity contribution in [2.24, 2.45) is 0 Å². The highest BCUT2D eigenvalue weighted by Crippen LogP contribution is 2.31. The van der Waals surface area contributed by atoms with E-state index < -0.39 is 0 Å². The van der Waals surface area contributed by atoms with Crippen molar-refractivity contribution < 1.29 is 9.13 Å². The first-order valence-corrected chi connectivity index (χ1v) is 6.85. The van der Waals surface area contributed by atoms with Crippen LogP contribution in [0.1, 0.15) is 23.6 Å². The smallest absolute Gasteiger partial charge is 0.167 e. The van der Waals surface area contributed by atoms with E-state index in [9.17, 15) is 4.39 Å². The minimum Gasteiger partial charge on any atom is -0.454 e. The summed E-state index contributed by atoms with van der Waals surface area (Å²) in [6.07, 6.45) is 0. The van der Waals surface area contributed by atoms with E-state index in [1.807, 2.05) is 45.0 Å². The van der Waals surface area contributed by atoms with E-state index in [4.69, 9.17) is 4.74 Å². The van der Waals surface area contributed by atoms with Gasteiger partial charge in [0.25, 0.3) is 0 Å². The van der Waals surface area contributed by atoms with E-state index in [2.05, 4.69) is 5.32 Å². The zero-order chi connectivity index (χ0) is 14.5. The summed E-state index contributed by atoms with van der Waals surface area (Å²) in [6, 6.07) is 10.8. The molecule has 0 bridgehead atoms. The number of para-hydroxylation sites is 1. The molecule has 2 rings (SSSR count). The summed E-state index contributed by atoms with van der Waals surface area (Å²) >= 11 is 0. The summed E-state index contributed by atoms with van der Waals surface area (Å²) in [7, 11) is 0. The maximum atomic E-state index is 14.0. The number of ether oxygens (including phenoxy) is 1. The van der Waals surface area contributed by atoms with Crippen molar-refractivity contribution >= 4 is 0 Å². The van der Waals surface area contributed by atoms with E-state index in [0.29, 0.717) is 18.0 Å². The summed E-state index contributed by atoms with van der Waals surface area (Å²) in [5.41, 5.74) is 2.99. The molecule has 0 aliphatic heterocycles. The minimum atomic E-state index is -0.332. The average Bonchev–Trinajstić information content (AvgIpc) is 2.44. The molecule has 0 aromatic heterocycles.